The number of hydrogen-bond donors (Lipinski definition) is 1. The van der Waals surface area contributed by atoms with Crippen LogP contribution in [0.25, 0.3) is 11.0 Å². The summed E-state index contributed by atoms with van der Waals surface area (Å²) in [5, 5.41) is 11.3. The molecular weight excluding hydrogens is 539 g/mol. The number of nitrogens with one attached hydrogen (secondary N) is 1. The van der Waals surface area contributed by atoms with E-state index in [0.29, 0.717) is 43.0 Å². The third kappa shape index (κ3) is 6.12. The van der Waals surface area contributed by atoms with Gasteiger partial charge in [-0.15, -0.1) is 5.10 Å². The molecule has 0 saturated carbocycles. The number of amides is 2. The molecule has 6 rings (SSSR count). The summed E-state index contributed by atoms with van der Waals surface area (Å²) in [6.07, 6.45) is 1.70. The van der Waals surface area contributed by atoms with E-state index in [1.807, 2.05) is 48.5 Å². The van der Waals surface area contributed by atoms with Crippen LogP contribution < -0.4 is 15.1 Å². The van der Waals surface area contributed by atoms with E-state index in [1.165, 1.54) is 27.8 Å². The van der Waals surface area contributed by atoms with Gasteiger partial charge >= 0.3 is 0 Å². The van der Waals surface area contributed by atoms with Crippen LogP contribution in [0.3, 0.4) is 0 Å². The van der Waals surface area contributed by atoms with Crippen molar-refractivity contribution < 1.29 is 23.5 Å². The SMILES string of the molecule is O=C(NC[C@H]1CCCO1)[C@@H](c1ccc(N2CCOCC2)cc1)N(C(=O)Cn1nnc2ccccc21)c1cccc(F)c1. The van der Waals surface area contributed by atoms with E-state index in [9.17, 15) is 14.0 Å². The van der Waals surface area contributed by atoms with Gasteiger partial charge < -0.3 is 19.7 Å². The molecule has 2 saturated heterocycles. The first-order chi connectivity index (χ1) is 20.6. The number of anilines is 2. The van der Waals surface area contributed by atoms with Crippen molar-refractivity contribution in [3.63, 3.8) is 0 Å². The maximum atomic E-state index is 14.6. The first-order valence-corrected chi connectivity index (χ1v) is 14.2. The van der Waals surface area contributed by atoms with Gasteiger partial charge in [0.25, 0.3) is 0 Å². The van der Waals surface area contributed by atoms with Crippen molar-refractivity contribution in [3.05, 3.63) is 84.2 Å². The number of fused-ring (bicyclic) bond motifs is 1. The second-order valence-electron chi connectivity index (χ2n) is 10.5. The minimum Gasteiger partial charge on any atom is -0.378 e. The van der Waals surface area contributed by atoms with Crippen LogP contribution in [0.15, 0.2) is 72.8 Å². The Hall–Kier alpha value is -4.35. The fraction of sp³-hybridized carbons (Fsp3) is 0.355. The normalized spacial score (nSPS) is 17.7. The Morgan fingerprint density at radius 2 is 1.83 bits per heavy atom. The van der Waals surface area contributed by atoms with Gasteiger partial charge in [0.05, 0.1) is 24.8 Å². The zero-order chi connectivity index (χ0) is 28.9. The maximum absolute atomic E-state index is 14.6. The molecule has 11 heteroatoms. The molecule has 4 aromatic rings. The Bertz CT molecular complexity index is 1530. The van der Waals surface area contributed by atoms with Gasteiger partial charge in [-0.3, -0.25) is 14.5 Å². The molecule has 0 spiro atoms. The van der Waals surface area contributed by atoms with Crippen molar-refractivity contribution in [2.24, 2.45) is 0 Å². The van der Waals surface area contributed by atoms with Crippen molar-refractivity contribution in [2.75, 3.05) is 49.3 Å². The maximum Gasteiger partial charge on any atom is 0.249 e. The standard InChI is InChI=1S/C31H33FN6O4/c32-23-5-3-6-25(19-23)38(29(39)21-37-28-9-2-1-8-27(28)34-35-37)30(31(40)33-20-26-7-4-16-42-26)22-10-12-24(13-11-22)36-14-17-41-18-15-36/h1-3,5-6,8-13,19,26,30H,4,7,14-18,20-21H2,(H,33,40)/t26-,30-/m1/s1. The number of benzene rings is 3. The largest absolute Gasteiger partial charge is 0.378 e. The fourth-order valence-corrected chi connectivity index (χ4v) is 5.52. The van der Waals surface area contributed by atoms with Crippen LogP contribution >= 0.6 is 0 Å². The summed E-state index contributed by atoms with van der Waals surface area (Å²) in [5.41, 5.74) is 3.18. The van der Waals surface area contributed by atoms with E-state index >= 15 is 0 Å². The van der Waals surface area contributed by atoms with Gasteiger partial charge in [-0.25, -0.2) is 9.07 Å². The minimum absolute atomic E-state index is 0.0851. The Kier molecular flexibility index (Phi) is 8.38. The molecule has 42 heavy (non-hydrogen) atoms. The molecule has 0 unspecified atom stereocenters. The summed E-state index contributed by atoms with van der Waals surface area (Å²) >= 11 is 0. The number of nitrogens with zero attached hydrogens (tertiary/aromatic N) is 5. The van der Waals surface area contributed by atoms with Crippen LogP contribution in [0.2, 0.25) is 0 Å². The number of rotatable bonds is 9. The van der Waals surface area contributed by atoms with E-state index in [-0.39, 0.29) is 24.2 Å². The van der Waals surface area contributed by atoms with Gasteiger partial charge in [0.2, 0.25) is 11.8 Å². The molecule has 1 aromatic heterocycles. The number of carbonyl (C=O) groups excluding carboxylic acids is 2. The van der Waals surface area contributed by atoms with E-state index in [0.717, 1.165) is 31.6 Å². The van der Waals surface area contributed by atoms with Gasteiger partial charge in [0.1, 0.15) is 23.9 Å². The van der Waals surface area contributed by atoms with E-state index in [2.05, 4.69) is 20.5 Å². The van der Waals surface area contributed by atoms with Gasteiger partial charge in [0.15, 0.2) is 0 Å². The molecule has 0 radical (unpaired) electrons. The van der Waals surface area contributed by atoms with Gasteiger partial charge in [-0.05, 0) is 60.9 Å². The van der Waals surface area contributed by atoms with Crippen LogP contribution in [0.4, 0.5) is 15.8 Å². The molecule has 3 heterocycles. The van der Waals surface area contributed by atoms with E-state index < -0.39 is 17.8 Å². The average molecular weight is 573 g/mol. The van der Waals surface area contributed by atoms with Gasteiger partial charge in [-0.1, -0.05) is 35.5 Å². The van der Waals surface area contributed by atoms with Crippen LogP contribution in [0.1, 0.15) is 24.4 Å². The lowest BCUT2D eigenvalue weighted by molar-refractivity contribution is -0.127. The average Bonchev–Trinajstić information content (AvgIpc) is 3.69. The van der Waals surface area contributed by atoms with Crippen LogP contribution in [-0.4, -0.2) is 72.4 Å². The quantitative estimate of drug-likeness (QED) is 0.328. The highest BCUT2D eigenvalue weighted by Crippen LogP contribution is 2.31. The molecule has 2 aliphatic rings. The topological polar surface area (TPSA) is 102 Å². The summed E-state index contributed by atoms with van der Waals surface area (Å²) in [4.78, 5) is 31.7. The third-order valence-electron chi connectivity index (χ3n) is 7.68. The summed E-state index contributed by atoms with van der Waals surface area (Å²) in [7, 11) is 0. The molecule has 0 aliphatic carbocycles. The van der Waals surface area contributed by atoms with Crippen molar-refractivity contribution in [1.29, 1.82) is 0 Å². The van der Waals surface area contributed by atoms with Gasteiger partial charge in [0, 0.05) is 37.6 Å². The zero-order valence-electron chi connectivity index (χ0n) is 23.2. The van der Waals surface area contributed by atoms with E-state index in [1.54, 1.807) is 6.07 Å². The molecule has 2 aliphatic heterocycles. The second-order valence-corrected chi connectivity index (χ2v) is 10.5. The molecule has 2 fully saturated rings. The minimum atomic E-state index is -1.07. The molecular formula is C31H33FN6O4. The highest BCUT2D eigenvalue weighted by molar-refractivity contribution is 6.01. The third-order valence-corrected chi connectivity index (χ3v) is 7.68. The Balaban J connectivity index is 1.37. The summed E-state index contributed by atoms with van der Waals surface area (Å²) in [5.74, 6) is -1.34. The zero-order valence-corrected chi connectivity index (χ0v) is 23.2. The number of ether oxygens (including phenoxy) is 2. The molecule has 218 valence electrons. The Morgan fingerprint density at radius 1 is 1.02 bits per heavy atom. The number of para-hydroxylation sites is 1. The summed E-state index contributed by atoms with van der Waals surface area (Å²) < 4.78 is 27.2. The van der Waals surface area contributed by atoms with Crippen LogP contribution in [0, 0.1) is 5.82 Å². The van der Waals surface area contributed by atoms with Crippen molar-refractivity contribution in [2.45, 2.75) is 31.5 Å². The number of halogens is 1. The van der Waals surface area contributed by atoms with E-state index in [4.69, 9.17) is 9.47 Å². The summed E-state index contributed by atoms with van der Waals surface area (Å²) in [6.45, 7) is 3.61. The van der Waals surface area contributed by atoms with Crippen LogP contribution in [-0.2, 0) is 25.6 Å². The first-order valence-electron chi connectivity index (χ1n) is 14.2. The fourth-order valence-electron chi connectivity index (χ4n) is 5.52. The molecule has 1 N–H and O–H groups in total. The number of carbonyl (C=O) groups is 2. The molecule has 10 nitrogen and oxygen atoms in total. The Labute approximate surface area is 243 Å². The lowest BCUT2D eigenvalue weighted by Gasteiger charge is -2.33. The van der Waals surface area contributed by atoms with Gasteiger partial charge in [-0.2, -0.15) is 0 Å². The monoisotopic (exact) mass is 572 g/mol. The van der Waals surface area contributed by atoms with Crippen LogP contribution in [0.5, 0.6) is 0 Å². The van der Waals surface area contributed by atoms with Crippen molar-refractivity contribution in [3.8, 4) is 0 Å². The van der Waals surface area contributed by atoms with Crippen molar-refractivity contribution in [1.82, 2.24) is 20.3 Å². The Morgan fingerprint density at radius 3 is 2.60 bits per heavy atom. The predicted octanol–water partition coefficient (Wildman–Crippen LogP) is 3.48. The number of aromatic nitrogens is 3. The highest BCUT2D eigenvalue weighted by atomic mass is 19.1. The lowest BCUT2D eigenvalue weighted by atomic mass is 10.0. The molecule has 0 bridgehead atoms. The molecule has 3 aromatic carbocycles. The smallest absolute Gasteiger partial charge is 0.249 e. The molecule has 2 amide bonds. The predicted molar refractivity (Wildman–Crippen MR) is 156 cm³/mol. The van der Waals surface area contributed by atoms with Crippen molar-refractivity contribution >= 4 is 34.2 Å². The lowest BCUT2D eigenvalue weighted by Crippen LogP contribution is -2.46. The summed E-state index contributed by atoms with van der Waals surface area (Å²) in [6, 6.07) is 19.6. The number of hydrogen-bond acceptors (Lipinski definition) is 7. The highest BCUT2D eigenvalue weighted by Gasteiger charge is 2.34. The molecule has 2 atom stereocenters. The second kappa shape index (κ2) is 12.7. The number of morpholine rings is 1. The first kappa shape index (κ1) is 27.8.